The summed E-state index contributed by atoms with van der Waals surface area (Å²) in [5, 5.41) is 2.66. The third kappa shape index (κ3) is 2.56. The molecule has 23 heavy (non-hydrogen) atoms. The summed E-state index contributed by atoms with van der Waals surface area (Å²) >= 11 is 0. The monoisotopic (exact) mass is 317 g/mol. The van der Waals surface area contributed by atoms with E-state index in [0.29, 0.717) is 23.0 Å². The van der Waals surface area contributed by atoms with Crippen LogP contribution in [0, 0.1) is 11.6 Å². The minimum Gasteiger partial charge on any atom is -0.343 e. The zero-order valence-electron chi connectivity index (χ0n) is 12.0. The van der Waals surface area contributed by atoms with Crippen molar-refractivity contribution in [1.29, 1.82) is 0 Å². The number of fused-ring (bicyclic) bond motifs is 1. The van der Waals surface area contributed by atoms with Gasteiger partial charge in [-0.25, -0.2) is 18.7 Å². The first-order valence-electron chi connectivity index (χ1n) is 7.27. The van der Waals surface area contributed by atoms with Gasteiger partial charge in [0.05, 0.1) is 18.3 Å². The first-order chi connectivity index (χ1) is 11.1. The first-order valence-corrected chi connectivity index (χ1v) is 7.27. The first kappa shape index (κ1) is 13.9. The molecular weight excluding hydrogens is 304 g/mol. The van der Waals surface area contributed by atoms with Crippen molar-refractivity contribution in [3.63, 3.8) is 0 Å². The fraction of sp³-hybridized carbons (Fsp3) is 0.267. The van der Waals surface area contributed by atoms with Crippen LogP contribution in [0.5, 0.6) is 0 Å². The Morgan fingerprint density at radius 3 is 2.91 bits per heavy atom. The molecule has 3 N–H and O–H groups in total. The highest BCUT2D eigenvalue weighted by atomic mass is 19.2. The summed E-state index contributed by atoms with van der Waals surface area (Å²) in [5.74, 6) is -0.666. The van der Waals surface area contributed by atoms with Gasteiger partial charge in [0.15, 0.2) is 11.6 Å². The van der Waals surface area contributed by atoms with Gasteiger partial charge in [-0.05, 0) is 25.0 Å². The Balaban J connectivity index is 1.47. The topological polar surface area (TPSA) is 86.5 Å². The fourth-order valence-corrected chi connectivity index (χ4v) is 2.43. The number of benzene rings is 1. The largest absolute Gasteiger partial charge is 0.343 e. The number of imidazole rings is 2. The minimum absolute atomic E-state index is 0.0757. The van der Waals surface area contributed by atoms with E-state index in [1.165, 1.54) is 12.3 Å². The van der Waals surface area contributed by atoms with Gasteiger partial charge in [0.25, 0.3) is 5.91 Å². The van der Waals surface area contributed by atoms with E-state index in [9.17, 15) is 13.6 Å². The number of H-pyrrole nitrogens is 2. The molecule has 2 aromatic heterocycles. The lowest BCUT2D eigenvalue weighted by atomic mass is 10.3. The maximum absolute atomic E-state index is 13.6. The molecule has 1 fully saturated rings. The summed E-state index contributed by atoms with van der Waals surface area (Å²) in [6, 6.07) is 2.44. The van der Waals surface area contributed by atoms with E-state index in [1.807, 2.05) is 0 Å². The van der Waals surface area contributed by atoms with Crippen LogP contribution in [-0.4, -0.2) is 25.8 Å². The van der Waals surface area contributed by atoms with Crippen LogP contribution < -0.4 is 5.32 Å². The molecule has 0 unspecified atom stereocenters. The molecule has 6 nitrogen and oxygen atoms in total. The van der Waals surface area contributed by atoms with E-state index in [-0.39, 0.29) is 18.0 Å². The predicted octanol–water partition coefficient (Wildman–Crippen LogP) is 2.37. The number of amides is 1. The van der Waals surface area contributed by atoms with E-state index >= 15 is 0 Å². The van der Waals surface area contributed by atoms with Gasteiger partial charge in [-0.1, -0.05) is 0 Å². The minimum atomic E-state index is -1.00. The maximum atomic E-state index is 13.6. The smallest absolute Gasteiger partial charge is 0.269 e. The number of aromatic nitrogens is 4. The molecule has 0 atom stereocenters. The molecule has 3 aromatic rings. The quantitative estimate of drug-likeness (QED) is 0.690. The van der Waals surface area contributed by atoms with Crippen LogP contribution in [-0.2, 0) is 6.54 Å². The molecule has 8 heteroatoms. The van der Waals surface area contributed by atoms with E-state index in [4.69, 9.17) is 0 Å². The lowest BCUT2D eigenvalue weighted by molar-refractivity contribution is 0.0945. The van der Waals surface area contributed by atoms with Gasteiger partial charge in [0, 0.05) is 5.92 Å². The fourth-order valence-electron chi connectivity index (χ4n) is 2.43. The highest BCUT2D eigenvalue weighted by Gasteiger charge is 2.27. The van der Waals surface area contributed by atoms with E-state index in [0.717, 1.165) is 24.7 Å². The van der Waals surface area contributed by atoms with Crippen LogP contribution in [0.15, 0.2) is 18.3 Å². The third-order valence-corrected chi connectivity index (χ3v) is 3.82. The van der Waals surface area contributed by atoms with Crippen molar-refractivity contribution < 1.29 is 13.6 Å². The SMILES string of the molecule is O=C(NCc1nc2c(F)c(F)ccc2[nH]1)c1cnc(C2CC2)[nH]1. The molecule has 118 valence electrons. The standard InChI is InChI=1S/C15H13F2N5O/c16-8-3-4-9-13(12(8)17)22-11(20-9)6-19-15(23)10-5-18-14(21-10)7-1-2-7/h3-5,7H,1-2,6H2,(H,18,21)(H,19,23)(H,20,22). The number of carbonyl (C=O) groups excluding carboxylic acids is 1. The van der Waals surface area contributed by atoms with Gasteiger partial charge < -0.3 is 15.3 Å². The van der Waals surface area contributed by atoms with Gasteiger partial charge in [0.2, 0.25) is 0 Å². The number of rotatable bonds is 4. The summed E-state index contributed by atoms with van der Waals surface area (Å²) < 4.78 is 26.8. The van der Waals surface area contributed by atoms with Crippen molar-refractivity contribution in [2.24, 2.45) is 0 Å². The maximum Gasteiger partial charge on any atom is 0.269 e. The Kier molecular flexibility index (Phi) is 3.10. The average Bonchev–Trinajstić information content (AvgIpc) is 3.12. The van der Waals surface area contributed by atoms with Crippen LogP contribution in [0.1, 0.15) is 40.9 Å². The number of halogens is 2. The Labute approximate surface area is 129 Å². The van der Waals surface area contributed by atoms with Crippen molar-refractivity contribution in [2.75, 3.05) is 0 Å². The summed E-state index contributed by atoms with van der Waals surface area (Å²) in [7, 11) is 0. The second-order valence-corrected chi connectivity index (χ2v) is 5.58. The molecule has 0 spiro atoms. The lowest BCUT2D eigenvalue weighted by Gasteiger charge is -2.00. The molecule has 0 saturated heterocycles. The summed E-state index contributed by atoms with van der Waals surface area (Å²) in [5.41, 5.74) is 0.678. The molecule has 0 radical (unpaired) electrons. The summed E-state index contributed by atoms with van der Waals surface area (Å²) in [6.45, 7) is 0.0757. The number of nitrogens with zero attached hydrogens (tertiary/aromatic N) is 2. The normalized spacial score (nSPS) is 14.3. The average molecular weight is 317 g/mol. The third-order valence-electron chi connectivity index (χ3n) is 3.82. The van der Waals surface area contributed by atoms with E-state index in [2.05, 4.69) is 25.3 Å². The van der Waals surface area contributed by atoms with Gasteiger partial charge >= 0.3 is 0 Å². The Morgan fingerprint density at radius 1 is 1.30 bits per heavy atom. The van der Waals surface area contributed by atoms with Gasteiger partial charge in [-0.3, -0.25) is 4.79 Å². The van der Waals surface area contributed by atoms with Crippen LogP contribution in [0.4, 0.5) is 8.78 Å². The van der Waals surface area contributed by atoms with Crippen LogP contribution in [0.3, 0.4) is 0 Å². The second-order valence-electron chi connectivity index (χ2n) is 5.58. The molecule has 1 aliphatic carbocycles. The van der Waals surface area contributed by atoms with Crippen molar-refractivity contribution in [2.45, 2.75) is 25.3 Å². The zero-order valence-corrected chi connectivity index (χ0v) is 12.0. The molecule has 0 bridgehead atoms. The Morgan fingerprint density at radius 2 is 2.13 bits per heavy atom. The molecular formula is C15H13F2N5O. The molecule has 4 rings (SSSR count). The number of hydrogen-bond acceptors (Lipinski definition) is 3. The van der Waals surface area contributed by atoms with Gasteiger partial charge in [-0.2, -0.15) is 0 Å². The Hall–Kier alpha value is -2.77. The zero-order chi connectivity index (χ0) is 16.0. The molecule has 1 amide bonds. The molecule has 1 aliphatic rings. The van der Waals surface area contributed by atoms with Crippen molar-refractivity contribution in [3.8, 4) is 0 Å². The molecule has 1 saturated carbocycles. The van der Waals surface area contributed by atoms with Crippen molar-refractivity contribution in [1.82, 2.24) is 25.3 Å². The predicted molar refractivity (Wildman–Crippen MR) is 77.7 cm³/mol. The van der Waals surface area contributed by atoms with Crippen molar-refractivity contribution in [3.05, 3.63) is 47.3 Å². The van der Waals surface area contributed by atoms with Crippen molar-refractivity contribution >= 4 is 16.9 Å². The lowest BCUT2D eigenvalue weighted by Crippen LogP contribution is -2.23. The highest BCUT2D eigenvalue weighted by molar-refractivity contribution is 5.92. The summed E-state index contributed by atoms with van der Waals surface area (Å²) in [6.07, 6.45) is 3.68. The van der Waals surface area contributed by atoms with E-state index < -0.39 is 11.6 Å². The number of hydrogen-bond donors (Lipinski definition) is 3. The number of aromatic amines is 2. The number of nitrogens with one attached hydrogen (secondary N) is 3. The van der Waals surface area contributed by atoms with Crippen LogP contribution in [0.2, 0.25) is 0 Å². The Bertz CT molecular complexity index is 897. The second kappa shape index (κ2) is 5.15. The summed E-state index contributed by atoms with van der Waals surface area (Å²) in [4.78, 5) is 26.0. The number of carbonyl (C=O) groups is 1. The van der Waals surface area contributed by atoms with Crippen LogP contribution >= 0.6 is 0 Å². The molecule has 0 aliphatic heterocycles. The van der Waals surface area contributed by atoms with Gasteiger partial charge in [0.1, 0.15) is 22.9 Å². The van der Waals surface area contributed by atoms with Gasteiger partial charge in [-0.15, -0.1) is 0 Å². The van der Waals surface area contributed by atoms with Crippen LogP contribution in [0.25, 0.3) is 11.0 Å². The van der Waals surface area contributed by atoms with E-state index in [1.54, 1.807) is 0 Å². The molecule has 1 aromatic carbocycles. The highest BCUT2D eigenvalue weighted by Crippen LogP contribution is 2.38. The molecule has 2 heterocycles.